The number of methoxy groups -OCH3 is 1. The first-order valence-electron chi connectivity index (χ1n) is 3.11. The van der Waals surface area contributed by atoms with Crippen LogP contribution in [0.25, 0.3) is 0 Å². The van der Waals surface area contributed by atoms with Gasteiger partial charge in [-0.3, -0.25) is 0 Å². The zero-order chi connectivity index (χ0) is 7.11. The summed E-state index contributed by atoms with van der Waals surface area (Å²) in [4.78, 5) is 0. The molecule has 1 heteroatoms. The van der Waals surface area contributed by atoms with Crippen LogP contribution in [0.3, 0.4) is 0 Å². The molecule has 0 aliphatic rings. The molecule has 0 saturated carbocycles. The van der Waals surface area contributed by atoms with E-state index in [4.69, 9.17) is 4.74 Å². The van der Waals surface area contributed by atoms with Crippen molar-refractivity contribution in [2.24, 2.45) is 5.92 Å². The summed E-state index contributed by atoms with van der Waals surface area (Å²) in [5.41, 5.74) is 0. The number of hydrogen-bond acceptors (Lipinski definition) is 1. The molecule has 0 rings (SSSR count). The Morgan fingerprint density at radius 3 is 2.78 bits per heavy atom. The van der Waals surface area contributed by atoms with Crippen LogP contribution in [-0.2, 0) is 4.74 Å². The standard InChI is InChI=1S/C8H14O/c1-4-8(2)6-5-7-9-3/h4-5,7-8H,1,6H2,2-3H3/b7-5+/t8-/m1/s1. The zero-order valence-electron chi connectivity index (χ0n) is 6.13. The minimum Gasteiger partial charge on any atom is -0.505 e. The molecular weight excluding hydrogens is 112 g/mol. The van der Waals surface area contributed by atoms with Gasteiger partial charge in [-0.25, -0.2) is 0 Å². The molecule has 52 valence electrons. The Balaban J connectivity index is 3.25. The Bertz CT molecular complexity index is 94.7. The number of allylic oxidation sites excluding steroid dienone is 2. The van der Waals surface area contributed by atoms with Gasteiger partial charge >= 0.3 is 0 Å². The van der Waals surface area contributed by atoms with Crippen molar-refractivity contribution < 1.29 is 4.74 Å². The molecule has 0 aromatic carbocycles. The van der Waals surface area contributed by atoms with Crippen LogP contribution in [0.5, 0.6) is 0 Å². The lowest BCUT2D eigenvalue weighted by atomic mass is 10.1. The first kappa shape index (κ1) is 8.28. The summed E-state index contributed by atoms with van der Waals surface area (Å²) in [6.07, 6.45) is 6.63. The van der Waals surface area contributed by atoms with Crippen LogP contribution in [0.4, 0.5) is 0 Å². The van der Waals surface area contributed by atoms with E-state index in [1.807, 2.05) is 12.2 Å². The Labute approximate surface area is 57.0 Å². The fourth-order valence-corrected chi connectivity index (χ4v) is 0.463. The van der Waals surface area contributed by atoms with E-state index in [0.717, 1.165) is 6.42 Å². The predicted octanol–water partition coefficient (Wildman–Crippen LogP) is 2.36. The van der Waals surface area contributed by atoms with Gasteiger partial charge in [0, 0.05) is 0 Å². The molecule has 0 unspecified atom stereocenters. The summed E-state index contributed by atoms with van der Waals surface area (Å²) < 4.78 is 4.72. The predicted molar refractivity (Wildman–Crippen MR) is 40.1 cm³/mol. The molecule has 0 heterocycles. The smallest absolute Gasteiger partial charge is 0.0784 e. The van der Waals surface area contributed by atoms with Crippen molar-refractivity contribution in [2.75, 3.05) is 7.11 Å². The molecule has 0 fully saturated rings. The summed E-state index contributed by atoms with van der Waals surface area (Å²) >= 11 is 0. The zero-order valence-corrected chi connectivity index (χ0v) is 6.13. The first-order valence-corrected chi connectivity index (χ1v) is 3.11. The van der Waals surface area contributed by atoms with Crippen LogP contribution < -0.4 is 0 Å². The van der Waals surface area contributed by atoms with Gasteiger partial charge in [-0.05, 0) is 18.4 Å². The number of hydrogen-bond donors (Lipinski definition) is 0. The normalized spacial score (nSPS) is 13.6. The van der Waals surface area contributed by atoms with Gasteiger partial charge in [0.1, 0.15) is 0 Å². The molecule has 0 saturated heterocycles. The maximum absolute atomic E-state index is 4.72. The van der Waals surface area contributed by atoms with Crippen LogP contribution in [-0.4, -0.2) is 7.11 Å². The van der Waals surface area contributed by atoms with E-state index in [1.165, 1.54) is 0 Å². The Morgan fingerprint density at radius 2 is 2.33 bits per heavy atom. The lowest BCUT2D eigenvalue weighted by Gasteiger charge is -1.97. The molecule has 0 radical (unpaired) electrons. The lowest BCUT2D eigenvalue weighted by molar-refractivity contribution is 0.336. The second kappa shape index (κ2) is 5.42. The quantitative estimate of drug-likeness (QED) is 0.415. The molecule has 0 aliphatic carbocycles. The molecule has 0 amide bonds. The highest BCUT2D eigenvalue weighted by atomic mass is 16.5. The van der Waals surface area contributed by atoms with Gasteiger partial charge < -0.3 is 4.74 Å². The summed E-state index contributed by atoms with van der Waals surface area (Å²) in [6, 6.07) is 0. The molecule has 0 bridgehead atoms. The molecule has 1 nitrogen and oxygen atoms in total. The van der Waals surface area contributed by atoms with Crippen LogP contribution >= 0.6 is 0 Å². The monoisotopic (exact) mass is 126 g/mol. The van der Waals surface area contributed by atoms with Crippen molar-refractivity contribution >= 4 is 0 Å². The largest absolute Gasteiger partial charge is 0.505 e. The van der Waals surface area contributed by atoms with E-state index in [1.54, 1.807) is 13.4 Å². The highest BCUT2D eigenvalue weighted by Gasteiger charge is 1.88. The van der Waals surface area contributed by atoms with Gasteiger partial charge in [-0.1, -0.05) is 13.0 Å². The first-order chi connectivity index (χ1) is 4.31. The minimum atomic E-state index is 0.552. The van der Waals surface area contributed by atoms with Crippen LogP contribution in [0.2, 0.25) is 0 Å². The van der Waals surface area contributed by atoms with Crippen molar-refractivity contribution in [2.45, 2.75) is 13.3 Å². The average molecular weight is 126 g/mol. The third-order valence-corrected chi connectivity index (χ3v) is 1.14. The molecule has 0 N–H and O–H groups in total. The Kier molecular flexibility index (Phi) is 4.98. The van der Waals surface area contributed by atoms with Gasteiger partial charge in [0.15, 0.2) is 0 Å². The number of rotatable bonds is 4. The molecule has 1 atom stereocenters. The topological polar surface area (TPSA) is 9.23 Å². The minimum absolute atomic E-state index is 0.552. The van der Waals surface area contributed by atoms with Crippen LogP contribution in [0.15, 0.2) is 25.0 Å². The summed E-state index contributed by atoms with van der Waals surface area (Å²) in [5.74, 6) is 0.552. The summed E-state index contributed by atoms with van der Waals surface area (Å²) in [7, 11) is 1.65. The van der Waals surface area contributed by atoms with Crippen molar-refractivity contribution in [3.8, 4) is 0 Å². The van der Waals surface area contributed by atoms with E-state index < -0.39 is 0 Å². The van der Waals surface area contributed by atoms with E-state index in [9.17, 15) is 0 Å². The SMILES string of the molecule is C=C[C@@H](C)C/C=C/OC. The van der Waals surface area contributed by atoms with Gasteiger partial charge in [-0.15, -0.1) is 6.58 Å². The Morgan fingerprint density at radius 1 is 1.67 bits per heavy atom. The fourth-order valence-electron chi connectivity index (χ4n) is 0.463. The highest BCUT2D eigenvalue weighted by Crippen LogP contribution is 2.02. The van der Waals surface area contributed by atoms with Gasteiger partial charge in [0.25, 0.3) is 0 Å². The molecular formula is C8H14O. The maximum atomic E-state index is 4.72. The Hall–Kier alpha value is -0.720. The van der Waals surface area contributed by atoms with E-state index in [2.05, 4.69) is 13.5 Å². The third kappa shape index (κ3) is 5.15. The second-order valence-corrected chi connectivity index (χ2v) is 2.06. The van der Waals surface area contributed by atoms with Gasteiger partial charge in [-0.2, -0.15) is 0 Å². The average Bonchev–Trinajstić information content (AvgIpc) is 1.89. The van der Waals surface area contributed by atoms with Crippen molar-refractivity contribution in [3.05, 3.63) is 25.0 Å². The third-order valence-electron chi connectivity index (χ3n) is 1.14. The second-order valence-electron chi connectivity index (χ2n) is 2.06. The number of ether oxygens (including phenoxy) is 1. The van der Waals surface area contributed by atoms with E-state index >= 15 is 0 Å². The molecule has 9 heavy (non-hydrogen) atoms. The maximum Gasteiger partial charge on any atom is 0.0784 e. The van der Waals surface area contributed by atoms with Gasteiger partial charge in [0.05, 0.1) is 13.4 Å². The van der Waals surface area contributed by atoms with Crippen molar-refractivity contribution in [3.63, 3.8) is 0 Å². The highest BCUT2D eigenvalue weighted by molar-refractivity contribution is 4.83. The summed E-state index contributed by atoms with van der Waals surface area (Å²) in [6.45, 7) is 5.78. The van der Waals surface area contributed by atoms with E-state index in [0.29, 0.717) is 5.92 Å². The van der Waals surface area contributed by atoms with Crippen LogP contribution in [0.1, 0.15) is 13.3 Å². The molecule has 0 aromatic rings. The molecule has 0 aromatic heterocycles. The van der Waals surface area contributed by atoms with Gasteiger partial charge in [0.2, 0.25) is 0 Å². The molecule has 0 spiro atoms. The lowest BCUT2D eigenvalue weighted by Crippen LogP contribution is -1.83. The summed E-state index contributed by atoms with van der Waals surface area (Å²) in [5, 5.41) is 0. The fraction of sp³-hybridized carbons (Fsp3) is 0.500. The van der Waals surface area contributed by atoms with Crippen molar-refractivity contribution in [1.82, 2.24) is 0 Å². The van der Waals surface area contributed by atoms with E-state index in [-0.39, 0.29) is 0 Å². The van der Waals surface area contributed by atoms with Crippen LogP contribution in [0, 0.1) is 5.92 Å². The van der Waals surface area contributed by atoms with Crippen molar-refractivity contribution in [1.29, 1.82) is 0 Å². The molecule has 0 aliphatic heterocycles.